The van der Waals surface area contributed by atoms with Gasteiger partial charge in [0.1, 0.15) is 6.04 Å². The molecule has 2 atom stereocenters. The summed E-state index contributed by atoms with van der Waals surface area (Å²) in [7, 11) is 1.35. The van der Waals surface area contributed by atoms with Gasteiger partial charge < -0.3 is 15.2 Å². The van der Waals surface area contributed by atoms with Crippen LogP contribution >= 0.6 is 11.6 Å². The molecule has 1 fully saturated rings. The third-order valence-corrected chi connectivity index (χ3v) is 3.56. The summed E-state index contributed by atoms with van der Waals surface area (Å²) in [5.41, 5.74) is 0.430. The van der Waals surface area contributed by atoms with Crippen molar-refractivity contribution < 1.29 is 19.6 Å². The number of phenolic OH excluding ortho intramolecular Hbond substituents is 1. The summed E-state index contributed by atoms with van der Waals surface area (Å²) in [6.45, 7) is 0. The molecule has 1 aromatic rings. The average molecular weight is 301 g/mol. The maximum atomic E-state index is 11.5. The summed E-state index contributed by atoms with van der Waals surface area (Å²) >= 11 is 5.87. The van der Waals surface area contributed by atoms with Crippen molar-refractivity contribution in [1.29, 1.82) is 0 Å². The summed E-state index contributed by atoms with van der Waals surface area (Å²) in [5.74, 6) is -0.386. The van der Waals surface area contributed by atoms with Crippen LogP contribution in [0.3, 0.4) is 0 Å². The topological polar surface area (TPSA) is 102 Å². The van der Waals surface area contributed by atoms with Gasteiger partial charge in [0.25, 0.3) is 0 Å². The van der Waals surface area contributed by atoms with Gasteiger partial charge in [-0.05, 0) is 17.7 Å². The van der Waals surface area contributed by atoms with Crippen LogP contribution in [0.4, 0.5) is 0 Å². The van der Waals surface area contributed by atoms with Crippen molar-refractivity contribution in [1.82, 2.24) is 5.32 Å². The maximum absolute atomic E-state index is 11.5. The lowest BCUT2D eigenvalue weighted by Gasteiger charge is -2.27. The summed E-state index contributed by atoms with van der Waals surface area (Å²) in [6.07, 6.45) is 0.273. The molecule has 0 spiro atoms. The smallest absolute Gasteiger partial charge is 0.237 e. The summed E-state index contributed by atoms with van der Waals surface area (Å²) in [5, 5.41) is 23.4. The lowest BCUT2D eigenvalue weighted by Crippen LogP contribution is -2.45. The zero-order valence-electron chi connectivity index (χ0n) is 10.6. The maximum Gasteiger partial charge on any atom is 0.237 e. The molecular weight excluding hydrogens is 288 g/mol. The minimum atomic E-state index is -0.932. The van der Waals surface area contributed by atoms with Gasteiger partial charge >= 0.3 is 0 Å². The number of aromatic hydroxyl groups is 1. The Morgan fingerprint density at radius 1 is 1.55 bits per heavy atom. The van der Waals surface area contributed by atoms with E-state index in [-0.39, 0.29) is 35.3 Å². The van der Waals surface area contributed by atoms with E-state index in [0.29, 0.717) is 5.56 Å². The number of ether oxygens (including phenoxy) is 1. The number of amides is 1. The predicted molar refractivity (Wildman–Crippen MR) is 70.6 cm³/mol. The Labute approximate surface area is 119 Å². The molecule has 1 amide bonds. The molecule has 8 heteroatoms. The van der Waals surface area contributed by atoms with Crippen LogP contribution in [0.25, 0.3) is 0 Å². The molecule has 1 aromatic carbocycles. The monoisotopic (exact) mass is 300 g/mol. The first-order chi connectivity index (χ1) is 9.43. The number of hydrogen-bond acceptors (Lipinski definition) is 5. The Hall–Kier alpha value is -2.02. The van der Waals surface area contributed by atoms with Crippen molar-refractivity contribution >= 4 is 17.5 Å². The van der Waals surface area contributed by atoms with E-state index in [4.69, 9.17) is 16.3 Å². The fraction of sp³-hybridized carbons (Fsp3) is 0.417. The van der Waals surface area contributed by atoms with Crippen molar-refractivity contribution in [2.45, 2.75) is 24.9 Å². The van der Waals surface area contributed by atoms with Crippen molar-refractivity contribution in [3.63, 3.8) is 0 Å². The quantitative estimate of drug-likeness (QED) is 0.653. The van der Waals surface area contributed by atoms with E-state index < -0.39 is 17.0 Å². The van der Waals surface area contributed by atoms with E-state index in [1.807, 2.05) is 0 Å². The second-order valence-electron chi connectivity index (χ2n) is 4.49. The van der Waals surface area contributed by atoms with Crippen molar-refractivity contribution in [2.75, 3.05) is 7.11 Å². The van der Waals surface area contributed by atoms with Gasteiger partial charge in [-0.1, -0.05) is 11.6 Å². The number of halogens is 1. The predicted octanol–water partition coefficient (Wildman–Crippen LogP) is 1.65. The van der Waals surface area contributed by atoms with E-state index in [1.54, 1.807) is 0 Å². The molecular formula is C12H13ClN2O5. The zero-order valence-corrected chi connectivity index (χ0v) is 11.4. The van der Waals surface area contributed by atoms with Gasteiger partial charge in [-0.3, -0.25) is 14.9 Å². The van der Waals surface area contributed by atoms with Crippen molar-refractivity contribution in [3.8, 4) is 11.5 Å². The van der Waals surface area contributed by atoms with Gasteiger partial charge in [-0.25, -0.2) is 0 Å². The first-order valence-electron chi connectivity index (χ1n) is 5.93. The number of phenols is 1. The molecule has 0 aliphatic carbocycles. The number of rotatable bonds is 3. The molecule has 0 radical (unpaired) electrons. The van der Waals surface area contributed by atoms with Crippen molar-refractivity contribution in [3.05, 3.63) is 32.8 Å². The highest BCUT2D eigenvalue weighted by atomic mass is 35.5. The summed E-state index contributed by atoms with van der Waals surface area (Å²) in [4.78, 5) is 22.1. The fourth-order valence-electron chi connectivity index (χ4n) is 2.25. The van der Waals surface area contributed by atoms with Gasteiger partial charge in [0.15, 0.2) is 11.5 Å². The highest BCUT2D eigenvalue weighted by molar-refractivity contribution is 6.32. The van der Waals surface area contributed by atoms with Gasteiger partial charge in [0, 0.05) is 17.8 Å². The second-order valence-corrected chi connectivity index (χ2v) is 4.90. The van der Waals surface area contributed by atoms with Crippen LogP contribution in [0.2, 0.25) is 5.02 Å². The van der Waals surface area contributed by atoms with E-state index in [9.17, 15) is 20.0 Å². The van der Waals surface area contributed by atoms with Crippen LogP contribution in [0.1, 0.15) is 24.4 Å². The summed E-state index contributed by atoms with van der Waals surface area (Å²) in [6, 6.07) is 1.11. The van der Waals surface area contributed by atoms with Gasteiger partial charge in [-0.2, -0.15) is 0 Å². The third-order valence-electron chi connectivity index (χ3n) is 3.27. The zero-order chi connectivity index (χ0) is 14.9. The Balaban J connectivity index is 2.43. The molecule has 2 N–H and O–H groups in total. The molecule has 0 saturated carbocycles. The number of nitrogens with zero attached hydrogens (tertiary/aromatic N) is 1. The number of hydrogen-bond donors (Lipinski definition) is 2. The van der Waals surface area contributed by atoms with Crippen LogP contribution in [0.15, 0.2) is 12.1 Å². The van der Waals surface area contributed by atoms with E-state index >= 15 is 0 Å². The molecule has 108 valence electrons. The number of carbonyl (C=O) groups is 1. The molecule has 0 unspecified atom stereocenters. The molecule has 2 rings (SSSR count). The molecule has 1 aliphatic rings. The van der Waals surface area contributed by atoms with Crippen LogP contribution in [-0.2, 0) is 4.79 Å². The molecule has 1 aliphatic heterocycles. The van der Waals surface area contributed by atoms with Gasteiger partial charge in [0.2, 0.25) is 11.9 Å². The Morgan fingerprint density at radius 3 is 2.85 bits per heavy atom. The first-order valence-corrected chi connectivity index (χ1v) is 6.31. The minimum absolute atomic E-state index is 0.0151. The third kappa shape index (κ3) is 2.62. The second kappa shape index (κ2) is 5.54. The van der Waals surface area contributed by atoms with Gasteiger partial charge in [0.05, 0.1) is 12.1 Å². The standard InChI is InChI=1S/C12H13ClN2O5/c1-20-9-5-6(4-7(13)12(9)17)11-8(15(18)19)2-3-10(16)14-11/h4-5,8,11,17H,2-3H2,1H3,(H,14,16)/t8-,11+/m1/s1. The Bertz CT molecular complexity index is 563. The van der Waals surface area contributed by atoms with Crippen molar-refractivity contribution in [2.24, 2.45) is 0 Å². The van der Waals surface area contributed by atoms with Crippen LogP contribution < -0.4 is 10.1 Å². The largest absolute Gasteiger partial charge is 0.503 e. The average Bonchev–Trinajstić information content (AvgIpc) is 2.41. The lowest BCUT2D eigenvalue weighted by molar-refractivity contribution is -0.529. The number of benzene rings is 1. The number of nitro groups is 1. The van der Waals surface area contributed by atoms with E-state index in [2.05, 4.69) is 5.32 Å². The Morgan fingerprint density at radius 2 is 2.25 bits per heavy atom. The normalized spacial score (nSPS) is 22.2. The number of methoxy groups -OCH3 is 1. The molecule has 20 heavy (non-hydrogen) atoms. The summed E-state index contributed by atoms with van der Waals surface area (Å²) < 4.78 is 4.96. The van der Waals surface area contributed by atoms with Crippen LogP contribution in [0, 0.1) is 10.1 Å². The molecule has 1 heterocycles. The number of nitrogens with one attached hydrogen (secondary N) is 1. The Kier molecular flexibility index (Phi) is 3.99. The highest BCUT2D eigenvalue weighted by Gasteiger charge is 2.38. The SMILES string of the molecule is COc1cc([C@@H]2NC(=O)CC[C@H]2[N+](=O)[O-])cc(Cl)c1O. The van der Waals surface area contributed by atoms with E-state index in [0.717, 1.165) is 0 Å². The van der Waals surface area contributed by atoms with E-state index in [1.165, 1.54) is 19.2 Å². The lowest BCUT2D eigenvalue weighted by atomic mass is 9.92. The van der Waals surface area contributed by atoms with Gasteiger partial charge in [-0.15, -0.1) is 0 Å². The number of carbonyl (C=O) groups excluding carboxylic acids is 1. The molecule has 0 bridgehead atoms. The van der Waals surface area contributed by atoms with Crippen LogP contribution in [-0.4, -0.2) is 29.1 Å². The molecule has 0 aromatic heterocycles. The minimum Gasteiger partial charge on any atom is -0.503 e. The number of piperidine rings is 1. The highest BCUT2D eigenvalue weighted by Crippen LogP contribution is 2.38. The first kappa shape index (κ1) is 14.4. The fourth-order valence-corrected chi connectivity index (χ4v) is 2.47. The molecule has 1 saturated heterocycles. The molecule has 7 nitrogen and oxygen atoms in total. The van der Waals surface area contributed by atoms with Crippen LogP contribution in [0.5, 0.6) is 11.5 Å².